The number of amides is 1. The number of carbonyl (C=O) groups excluding carboxylic acids is 2. The monoisotopic (exact) mass is 477 g/mol. The summed E-state index contributed by atoms with van der Waals surface area (Å²) >= 11 is 6.33. The minimum Gasteiger partial charge on any atom is -0.493 e. The second-order valence-corrected chi connectivity index (χ2v) is 8.68. The predicted octanol–water partition coefficient (Wildman–Crippen LogP) is 2.76. The number of nitrogens with zero attached hydrogens (tertiary/aromatic N) is 1. The molecule has 3 rings (SSSR count). The number of hydrogen-bond donors (Lipinski definition) is 2. The number of methoxy groups -OCH3 is 2. The molecule has 2 atom stereocenters. The number of rotatable bonds is 9. The lowest BCUT2D eigenvalue weighted by molar-refractivity contribution is -0.135. The molecule has 9 heteroatoms. The van der Waals surface area contributed by atoms with Crippen molar-refractivity contribution in [3.8, 4) is 11.5 Å². The first kappa shape index (κ1) is 25.0. The zero-order chi connectivity index (χ0) is 24.2. The van der Waals surface area contributed by atoms with Gasteiger partial charge in [-0.15, -0.1) is 0 Å². The SMILES string of the molecule is COc1cccc([C@H]2O[C@H](CC=O)C(=O)N(CC(C)(CO)CO)c3ccc(Cl)cc32)c1OC. The Balaban J connectivity index is 2.25. The average Bonchev–Trinajstić information content (AvgIpc) is 2.93. The third kappa shape index (κ3) is 4.99. The maximum absolute atomic E-state index is 13.5. The summed E-state index contributed by atoms with van der Waals surface area (Å²) in [5.74, 6) is 0.454. The molecular formula is C24H28ClNO7. The molecule has 1 aliphatic heterocycles. The van der Waals surface area contributed by atoms with Gasteiger partial charge in [-0.05, 0) is 24.3 Å². The fourth-order valence-corrected chi connectivity index (χ4v) is 4.05. The molecule has 0 saturated heterocycles. The first-order valence-corrected chi connectivity index (χ1v) is 10.8. The maximum atomic E-state index is 13.5. The largest absolute Gasteiger partial charge is 0.493 e. The molecule has 33 heavy (non-hydrogen) atoms. The van der Waals surface area contributed by atoms with Crippen molar-refractivity contribution >= 4 is 29.5 Å². The molecule has 1 aliphatic rings. The number of benzene rings is 2. The molecule has 0 radical (unpaired) electrons. The summed E-state index contributed by atoms with van der Waals surface area (Å²) in [6.45, 7) is 0.984. The molecule has 0 saturated carbocycles. The van der Waals surface area contributed by atoms with Crippen LogP contribution in [0.25, 0.3) is 0 Å². The van der Waals surface area contributed by atoms with Gasteiger partial charge in [-0.2, -0.15) is 0 Å². The van der Waals surface area contributed by atoms with Crippen LogP contribution in [-0.4, -0.2) is 62.5 Å². The van der Waals surface area contributed by atoms with E-state index >= 15 is 0 Å². The summed E-state index contributed by atoms with van der Waals surface area (Å²) in [5.41, 5.74) is 0.694. The molecule has 0 aliphatic carbocycles. The van der Waals surface area contributed by atoms with Gasteiger partial charge in [0.05, 0.1) is 27.4 Å². The lowest BCUT2D eigenvalue weighted by Gasteiger charge is -2.33. The molecule has 0 aromatic heterocycles. The lowest BCUT2D eigenvalue weighted by atomic mass is 9.91. The highest BCUT2D eigenvalue weighted by atomic mass is 35.5. The summed E-state index contributed by atoms with van der Waals surface area (Å²) in [4.78, 5) is 26.4. The van der Waals surface area contributed by atoms with Crippen LogP contribution in [0.5, 0.6) is 11.5 Å². The van der Waals surface area contributed by atoms with Crippen LogP contribution in [0, 0.1) is 5.41 Å². The number of hydrogen-bond acceptors (Lipinski definition) is 7. The molecule has 2 N–H and O–H groups in total. The fraction of sp³-hybridized carbons (Fsp3) is 0.417. The van der Waals surface area contributed by atoms with Crippen molar-refractivity contribution in [2.75, 3.05) is 38.9 Å². The number of ether oxygens (including phenoxy) is 3. The van der Waals surface area contributed by atoms with Crippen molar-refractivity contribution in [1.29, 1.82) is 0 Å². The highest BCUT2D eigenvalue weighted by Gasteiger charge is 2.40. The van der Waals surface area contributed by atoms with E-state index in [2.05, 4.69) is 0 Å². The molecule has 178 valence electrons. The highest BCUT2D eigenvalue weighted by molar-refractivity contribution is 6.30. The fourth-order valence-electron chi connectivity index (χ4n) is 3.87. The Hall–Kier alpha value is -2.65. The van der Waals surface area contributed by atoms with E-state index in [0.29, 0.717) is 39.6 Å². The molecule has 0 spiro atoms. The van der Waals surface area contributed by atoms with Gasteiger partial charge in [0.15, 0.2) is 11.5 Å². The zero-order valence-electron chi connectivity index (χ0n) is 18.8. The second-order valence-electron chi connectivity index (χ2n) is 8.24. The number of aldehydes is 1. The molecule has 0 unspecified atom stereocenters. The number of anilines is 1. The van der Waals surface area contributed by atoms with Crippen molar-refractivity contribution in [3.63, 3.8) is 0 Å². The van der Waals surface area contributed by atoms with E-state index in [1.54, 1.807) is 43.3 Å². The average molecular weight is 478 g/mol. The van der Waals surface area contributed by atoms with Gasteiger partial charge < -0.3 is 34.1 Å². The van der Waals surface area contributed by atoms with E-state index < -0.39 is 23.5 Å². The minimum atomic E-state index is -1.10. The van der Waals surface area contributed by atoms with Crippen molar-refractivity contribution in [1.82, 2.24) is 0 Å². The summed E-state index contributed by atoms with van der Waals surface area (Å²) in [5, 5.41) is 20.1. The first-order valence-electron chi connectivity index (χ1n) is 10.4. The molecule has 8 nitrogen and oxygen atoms in total. The summed E-state index contributed by atoms with van der Waals surface area (Å²) < 4.78 is 17.3. The van der Waals surface area contributed by atoms with Gasteiger partial charge in [0.1, 0.15) is 18.5 Å². The molecule has 0 fully saturated rings. The summed E-state index contributed by atoms with van der Waals surface area (Å²) in [6, 6.07) is 10.3. The number of carbonyl (C=O) groups is 2. The van der Waals surface area contributed by atoms with Crippen molar-refractivity contribution < 1.29 is 34.0 Å². The van der Waals surface area contributed by atoms with Crippen LogP contribution in [0.3, 0.4) is 0 Å². The Morgan fingerprint density at radius 1 is 1.15 bits per heavy atom. The minimum absolute atomic E-state index is 0.00808. The van der Waals surface area contributed by atoms with Crippen molar-refractivity contribution in [2.45, 2.75) is 25.6 Å². The lowest BCUT2D eigenvalue weighted by Crippen LogP contribution is -2.47. The number of para-hydroxylation sites is 1. The molecule has 2 aromatic rings. The van der Waals surface area contributed by atoms with Gasteiger partial charge >= 0.3 is 0 Å². The van der Waals surface area contributed by atoms with Crippen molar-refractivity contribution in [2.24, 2.45) is 5.41 Å². The van der Waals surface area contributed by atoms with Gasteiger partial charge in [0.2, 0.25) is 0 Å². The van der Waals surface area contributed by atoms with Gasteiger partial charge in [-0.3, -0.25) is 4.79 Å². The van der Waals surface area contributed by atoms with E-state index in [-0.39, 0.29) is 26.2 Å². The maximum Gasteiger partial charge on any atom is 0.256 e. The Bertz CT molecular complexity index is 1010. The number of aliphatic hydroxyl groups is 2. The highest BCUT2D eigenvalue weighted by Crippen LogP contribution is 2.45. The number of halogens is 1. The van der Waals surface area contributed by atoms with Crippen LogP contribution in [0.15, 0.2) is 36.4 Å². The Morgan fingerprint density at radius 2 is 1.88 bits per heavy atom. The Morgan fingerprint density at radius 3 is 2.48 bits per heavy atom. The quantitative estimate of drug-likeness (QED) is 0.535. The zero-order valence-corrected chi connectivity index (χ0v) is 19.5. The second kappa shape index (κ2) is 10.5. The third-order valence-electron chi connectivity index (χ3n) is 5.73. The number of fused-ring (bicyclic) bond motifs is 1. The van der Waals surface area contributed by atoms with E-state index in [0.717, 1.165) is 0 Å². The normalized spacial score (nSPS) is 18.5. The topological polar surface area (TPSA) is 106 Å². The van der Waals surface area contributed by atoms with E-state index in [1.807, 2.05) is 0 Å². The van der Waals surface area contributed by atoms with Gasteiger partial charge in [-0.25, -0.2) is 0 Å². The summed E-state index contributed by atoms with van der Waals surface area (Å²) in [7, 11) is 3.02. The Labute approximate surface area is 197 Å². The van der Waals surface area contributed by atoms with Crippen LogP contribution < -0.4 is 14.4 Å². The smallest absolute Gasteiger partial charge is 0.256 e. The standard InChI is InChI=1S/C24H28ClNO7/c1-24(13-28,14-29)12-26-18-8-7-15(25)11-17(18)21(33-20(9-10-27)23(26)30)16-5-4-6-19(31-2)22(16)32-3/h4-8,10-11,20-21,28-29H,9,12-14H2,1-3H3/t20-,21-/m1/s1. The predicted molar refractivity (Wildman–Crippen MR) is 123 cm³/mol. The molecule has 0 bridgehead atoms. The third-order valence-corrected chi connectivity index (χ3v) is 5.97. The molecule has 1 heterocycles. The van der Waals surface area contributed by atoms with Crippen LogP contribution in [-0.2, 0) is 14.3 Å². The van der Waals surface area contributed by atoms with E-state index in [9.17, 15) is 19.8 Å². The molecule has 2 aromatic carbocycles. The van der Waals surface area contributed by atoms with Crippen LogP contribution in [0.2, 0.25) is 5.02 Å². The number of aliphatic hydroxyl groups excluding tert-OH is 2. The van der Waals surface area contributed by atoms with Gasteiger partial charge in [0, 0.05) is 40.2 Å². The van der Waals surface area contributed by atoms with Gasteiger partial charge in [-0.1, -0.05) is 30.7 Å². The van der Waals surface area contributed by atoms with Crippen LogP contribution in [0.4, 0.5) is 5.69 Å². The molecular weight excluding hydrogens is 450 g/mol. The van der Waals surface area contributed by atoms with Crippen LogP contribution in [0.1, 0.15) is 30.6 Å². The Kier molecular flexibility index (Phi) is 7.97. The van der Waals surface area contributed by atoms with Crippen LogP contribution >= 0.6 is 11.6 Å². The molecule has 1 amide bonds. The van der Waals surface area contributed by atoms with Gasteiger partial charge in [0.25, 0.3) is 5.91 Å². The first-order chi connectivity index (χ1) is 15.8. The van der Waals surface area contributed by atoms with E-state index in [1.165, 1.54) is 19.1 Å². The van der Waals surface area contributed by atoms with E-state index in [4.69, 9.17) is 25.8 Å². The summed E-state index contributed by atoms with van der Waals surface area (Å²) in [6.07, 6.45) is -1.45. The van der Waals surface area contributed by atoms with Crippen molar-refractivity contribution in [3.05, 3.63) is 52.5 Å².